The van der Waals surface area contributed by atoms with E-state index >= 15 is 0 Å². The molecule has 0 aliphatic heterocycles. The summed E-state index contributed by atoms with van der Waals surface area (Å²) in [7, 11) is -3.41. The van der Waals surface area contributed by atoms with Gasteiger partial charge in [0.25, 0.3) is 0 Å². The Labute approximate surface area is 170 Å². The number of anilines is 1. The fraction of sp³-hybridized carbons (Fsp3) is 0.316. The van der Waals surface area contributed by atoms with Crippen LogP contribution < -0.4 is 14.8 Å². The van der Waals surface area contributed by atoms with Crippen LogP contribution >= 0.6 is 0 Å². The zero-order chi connectivity index (χ0) is 20.7. The van der Waals surface area contributed by atoms with E-state index in [2.05, 4.69) is 25.3 Å². The first-order valence-electron chi connectivity index (χ1n) is 9.19. The van der Waals surface area contributed by atoms with Crippen LogP contribution in [-0.4, -0.2) is 53.8 Å². The van der Waals surface area contributed by atoms with Gasteiger partial charge in [-0.05, 0) is 44.2 Å². The highest BCUT2D eigenvalue weighted by Crippen LogP contribution is 2.10. The first-order valence-corrected chi connectivity index (χ1v) is 10.8. The molecule has 29 heavy (non-hydrogen) atoms. The summed E-state index contributed by atoms with van der Waals surface area (Å²) >= 11 is 0. The SMILES string of the molecule is Cc1cc(C)n(-c2ccc(NCCNS(=O)(=O)CCOc3ccccc3)nn2)n1. The summed E-state index contributed by atoms with van der Waals surface area (Å²) < 4.78 is 33.7. The summed E-state index contributed by atoms with van der Waals surface area (Å²) in [5.74, 6) is 1.72. The van der Waals surface area contributed by atoms with Gasteiger partial charge in [0.15, 0.2) is 5.82 Å². The summed E-state index contributed by atoms with van der Waals surface area (Å²) in [5.41, 5.74) is 1.89. The Morgan fingerprint density at radius 2 is 1.83 bits per heavy atom. The van der Waals surface area contributed by atoms with Crippen LogP contribution in [0.15, 0.2) is 48.5 Å². The lowest BCUT2D eigenvalue weighted by molar-refractivity contribution is 0.340. The number of sulfonamides is 1. The van der Waals surface area contributed by atoms with E-state index < -0.39 is 10.0 Å². The standard InChI is InChI=1S/C19H24N6O3S/c1-15-14-16(2)25(24-15)19-9-8-18(22-23-19)20-10-11-21-29(26,27)13-12-28-17-6-4-3-5-7-17/h3-9,14,21H,10-13H2,1-2H3,(H,20,22). The van der Waals surface area contributed by atoms with Crippen molar-refractivity contribution in [2.45, 2.75) is 13.8 Å². The summed E-state index contributed by atoms with van der Waals surface area (Å²) in [6, 6.07) is 14.7. The van der Waals surface area contributed by atoms with Crippen LogP contribution in [0.4, 0.5) is 5.82 Å². The van der Waals surface area contributed by atoms with Gasteiger partial charge in [-0.15, -0.1) is 10.2 Å². The Kier molecular flexibility index (Phi) is 6.78. The minimum absolute atomic E-state index is 0.0893. The molecule has 0 saturated heterocycles. The Morgan fingerprint density at radius 1 is 1.03 bits per heavy atom. The van der Waals surface area contributed by atoms with Crippen molar-refractivity contribution in [3.63, 3.8) is 0 Å². The lowest BCUT2D eigenvalue weighted by Gasteiger charge is -2.09. The number of hydrogen-bond acceptors (Lipinski definition) is 7. The monoisotopic (exact) mass is 416 g/mol. The molecule has 9 nitrogen and oxygen atoms in total. The summed E-state index contributed by atoms with van der Waals surface area (Å²) in [5, 5.41) is 15.7. The molecule has 0 fully saturated rings. The normalized spacial score (nSPS) is 11.4. The van der Waals surface area contributed by atoms with Crippen LogP contribution in [0.25, 0.3) is 5.82 Å². The number of nitrogens with zero attached hydrogens (tertiary/aromatic N) is 4. The summed E-state index contributed by atoms with van der Waals surface area (Å²) in [4.78, 5) is 0. The average molecular weight is 417 g/mol. The highest BCUT2D eigenvalue weighted by atomic mass is 32.2. The predicted molar refractivity (Wildman–Crippen MR) is 111 cm³/mol. The number of benzene rings is 1. The van der Waals surface area contributed by atoms with Gasteiger partial charge in [0, 0.05) is 18.8 Å². The molecular weight excluding hydrogens is 392 g/mol. The van der Waals surface area contributed by atoms with Gasteiger partial charge in [0.2, 0.25) is 10.0 Å². The quantitative estimate of drug-likeness (QED) is 0.484. The van der Waals surface area contributed by atoms with E-state index in [0.717, 1.165) is 11.4 Å². The maximum Gasteiger partial charge on any atom is 0.215 e. The Hall–Kier alpha value is -2.98. The van der Waals surface area contributed by atoms with Gasteiger partial charge >= 0.3 is 0 Å². The molecule has 0 aliphatic carbocycles. The van der Waals surface area contributed by atoms with Crippen molar-refractivity contribution in [2.24, 2.45) is 0 Å². The molecule has 0 radical (unpaired) electrons. The van der Waals surface area contributed by atoms with Gasteiger partial charge in [-0.3, -0.25) is 0 Å². The largest absolute Gasteiger partial charge is 0.492 e. The van der Waals surface area contributed by atoms with Crippen LogP contribution in [0.1, 0.15) is 11.4 Å². The van der Waals surface area contributed by atoms with Crippen molar-refractivity contribution in [1.82, 2.24) is 24.7 Å². The van der Waals surface area contributed by atoms with E-state index in [9.17, 15) is 8.42 Å². The molecule has 1 aromatic carbocycles. The summed E-state index contributed by atoms with van der Waals surface area (Å²) in [6.07, 6.45) is 0. The molecule has 10 heteroatoms. The summed E-state index contributed by atoms with van der Waals surface area (Å²) in [6.45, 7) is 4.57. The maximum atomic E-state index is 12.0. The average Bonchev–Trinajstić information content (AvgIpc) is 3.04. The minimum Gasteiger partial charge on any atom is -0.492 e. The van der Waals surface area contributed by atoms with Crippen LogP contribution in [0.2, 0.25) is 0 Å². The Balaban J connectivity index is 1.40. The van der Waals surface area contributed by atoms with Gasteiger partial charge < -0.3 is 10.1 Å². The second kappa shape index (κ2) is 9.48. The second-order valence-corrected chi connectivity index (χ2v) is 8.34. The molecule has 2 heterocycles. The molecule has 2 aromatic heterocycles. The van der Waals surface area contributed by atoms with E-state index in [4.69, 9.17) is 4.74 Å². The third-order valence-corrected chi connectivity index (χ3v) is 5.34. The lowest BCUT2D eigenvalue weighted by atomic mass is 10.3. The molecule has 0 unspecified atom stereocenters. The molecule has 0 bridgehead atoms. The van der Waals surface area contributed by atoms with E-state index in [1.54, 1.807) is 28.9 Å². The number of nitrogens with one attached hydrogen (secondary N) is 2. The first-order chi connectivity index (χ1) is 13.9. The number of hydrogen-bond donors (Lipinski definition) is 2. The van der Waals surface area contributed by atoms with Gasteiger partial charge in [-0.1, -0.05) is 18.2 Å². The van der Waals surface area contributed by atoms with Gasteiger partial charge in [-0.25, -0.2) is 17.8 Å². The molecule has 0 amide bonds. The number of rotatable bonds is 10. The molecular formula is C19H24N6O3S. The van der Waals surface area contributed by atoms with Crippen molar-refractivity contribution < 1.29 is 13.2 Å². The topological polar surface area (TPSA) is 111 Å². The predicted octanol–water partition coefficient (Wildman–Crippen LogP) is 1.69. The molecule has 0 saturated carbocycles. The fourth-order valence-electron chi connectivity index (χ4n) is 2.65. The highest BCUT2D eigenvalue weighted by molar-refractivity contribution is 7.89. The van der Waals surface area contributed by atoms with E-state index in [1.807, 2.05) is 38.1 Å². The molecule has 0 spiro atoms. The van der Waals surface area contributed by atoms with E-state index in [-0.39, 0.29) is 18.9 Å². The van der Waals surface area contributed by atoms with Crippen molar-refractivity contribution in [2.75, 3.05) is 30.8 Å². The van der Waals surface area contributed by atoms with Gasteiger partial charge in [0.05, 0.1) is 11.4 Å². The molecule has 0 atom stereocenters. The molecule has 0 aliphatic rings. The van der Waals surface area contributed by atoms with Crippen molar-refractivity contribution in [3.8, 4) is 11.6 Å². The van der Waals surface area contributed by atoms with Crippen molar-refractivity contribution in [3.05, 3.63) is 59.9 Å². The fourth-order valence-corrected chi connectivity index (χ4v) is 3.51. The Morgan fingerprint density at radius 3 is 2.48 bits per heavy atom. The minimum atomic E-state index is -3.41. The van der Waals surface area contributed by atoms with Crippen LogP contribution in [0.5, 0.6) is 5.75 Å². The van der Waals surface area contributed by atoms with Crippen LogP contribution in [-0.2, 0) is 10.0 Å². The molecule has 2 N–H and O–H groups in total. The third kappa shape index (κ3) is 6.26. The van der Waals surface area contributed by atoms with Crippen molar-refractivity contribution in [1.29, 1.82) is 0 Å². The Bertz CT molecular complexity index is 1020. The zero-order valence-corrected chi connectivity index (χ0v) is 17.2. The maximum absolute atomic E-state index is 12.0. The van der Waals surface area contributed by atoms with Gasteiger partial charge in [0.1, 0.15) is 18.2 Å². The van der Waals surface area contributed by atoms with E-state index in [1.165, 1.54) is 0 Å². The zero-order valence-electron chi connectivity index (χ0n) is 16.4. The first kappa shape index (κ1) is 20.7. The van der Waals surface area contributed by atoms with Gasteiger partial charge in [-0.2, -0.15) is 5.10 Å². The third-order valence-electron chi connectivity index (χ3n) is 3.99. The van der Waals surface area contributed by atoms with E-state index in [0.29, 0.717) is 23.9 Å². The number of aryl methyl sites for hydroxylation is 2. The highest BCUT2D eigenvalue weighted by Gasteiger charge is 2.10. The number of para-hydroxylation sites is 1. The van der Waals surface area contributed by atoms with Crippen LogP contribution in [0.3, 0.4) is 0 Å². The molecule has 3 rings (SSSR count). The molecule has 3 aromatic rings. The molecule has 154 valence electrons. The van der Waals surface area contributed by atoms with Crippen LogP contribution in [0, 0.1) is 13.8 Å². The smallest absolute Gasteiger partial charge is 0.215 e. The van der Waals surface area contributed by atoms with Crippen molar-refractivity contribution >= 4 is 15.8 Å². The lowest BCUT2D eigenvalue weighted by Crippen LogP contribution is -2.32. The second-order valence-electron chi connectivity index (χ2n) is 6.42. The number of ether oxygens (including phenoxy) is 1. The number of aromatic nitrogens is 4.